The number of hydrogen-bond donors (Lipinski definition) is 1. The van der Waals surface area contributed by atoms with E-state index in [1.165, 1.54) is 0 Å². The van der Waals surface area contributed by atoms with Crippen LogP contribution in [0.5, 0.6) is 0 Å². The second-order valence-electron chi connectivity index (χ2n) is 2.57. The van der Waals surface area contributed by atoms with Crippen molar-refractivity contribution in [3.05, 3.63) is 35.9 Å². The lowest BCUT2D eigenvalue weighted by molar-refractivity contribution is 0.102. The van der Waals surface area contributed by atoms with Gasteiger partial charge >= 0.3 is 0 Å². The summed E-state index contributed by atoms with van der Waals surface area (Å²) in [7, 11) is 0. The molecular weight excluding hydrogens is 200 g/mol. The fourth-order valence-electron chi connectivity index (χ4n) is 0.937. The molecule has 70 valence electrons. The molecule has 3 heteroatoms. The third kappa shape index (κ3) is 3.87. The Morgan fingerprint density at radius 1 is 1.31 bits per heavy atom. The van der Waals surface area contributed by atoms with Crippen LogP contribution < -0.4 is 0 Å². The van der Waals surface area contributed by atoms with Gasteiger partial charge in [-0.15, -0.1) is 0 Å². The van der Waals surface area contributed by atoms with Crippen LogP contribution in [0.1, 0.15) is 10.4 Å². The zero-order valence-electron chi connectivity index (χ0n) is 7.27. The standard InChI is InChI=1S/C10H12OS2/c11-10(8-13-7-6-12)9-4-2-1-3-5-9/h1-5,12H,6-8H2. The summed E-state index contributed by atoms with van der Waals surface area (Å²) < 4.78 is 0. The minimum Gasteiger partial charge on any atom is -0.293 e. The summed E-state index contributed by atoms with van der Waals surface area (Å²) >= 11 is 5.71. The van der Waals surface area contributed by atoms with Crippen LogP contribution in [0.15, 0.2) is 30.3 Å². The largest absolute Gasteiger partial charge is 0.293 e. The van der Waals surface area contributed by atoms with Crippen molar-refractivity contribution in [2.75, 3.05) is 17.3 Å². The maximum atomic E-state index is 11.5. The van der Waals surface area contributed by atoms with Crippen LogP contribution in [0.2, 0.25) is 0 Å². The Morgan fingerprint density at radius 3 is 2.62 bits per heavy atom. The number of ketones is 1. The topological polar surface area (TPSA) is 17.1 Å². The van der Waals surface area contributed by atoms with Crippen molar-refractivity contribution in [3.63, 3.8) is 0 Å². The molecule has 1 aromatic carbocycles. The zero-order valence-corrected chi connectivity index (χ0v) is 8.98. The number of carbonyl (C=O) groups excluding carboxylic acids is 1. The highest BCUT2D eigenvalue weighted by Gasteiger charge is 2.03. The van der Waals surface area contributed by atoms with E-state index < -0.39 is 0 Å². The van der Waals surface area contributed by atoms with Gasteiger partial charge in [0.1, 0.15) is 0 Å². The van der Waals surface area contributed by atoms with E-state index in [-0.39, 0.29) is 5.78 Å². The van der Waals surface area contributed by atoms with Crippen molar-refractivity contribution < 1.29 is 4.79 Å². The molecule has 0 saturated carbocycles. The molecule has 0 unspecified atom stereocenters. The first-order chi connectivity index (χ1) is 6.34. The lowest BCUT2D eigenvalue weighted by atomic mass is 10.2. The van der Waals surface area contributed by atoms with Crippen molar-refractivity contribution in [3.8, 4) is 0 Å². The molecule has 0 saturated heterocycles. The fraction of sp³-hybridized carbons (Fsp3) is 0.300. The van der Waals surface area contributed by atoms with E-state index in [0.29, 0.717) is 5.75 Å². The molecule has 0 aliphatic carbocycles. The van der Waals surface area contributed by atoms with Crippen LogP contribution in [0.3, 0.4) is 0 Å². The average Bonchev–Trinajstić information content (AvgIpc) is 2.19. The molecule has 0 atom stereocenters. The van der Waals surface area contributed by atoms with Crippen molar-refractivity contribution >= 4 is 30.2 Å². The molecule has 0 spiro atoms. The lowest BCUT2D eigenvalue weighted by Gasteiger charge is -1.99. The SMILES string of the molecule is O=C(CSCCS)c1ccccc1. The van der Waals surface area contributed by atoms with Gasteiger partial charge < -0.3 is 0 Å². The van der Waals surface area contributed by atoms with Gasteiger partial charge in [0.05, 0.1) is 5.75 Å². The van der Waals surface area contributed by atoms with Crippen molar-refractivity contribution in [1.82, 2.24) is 0 Å². The number of rotatable bonds is 5. The molecule has 0 fully saturated rings. The second kappa shape index (κ2) is 6.11. The average molecular weight is 212 g/mol. The molecule has 1 nitrogen and oxygen atoms in total. The number of hydrogen-bond acceptors (Lipinski definition) is 3. The third-order valence-corrected chi connectivity index (χ3v) is 3.05. The second-order valence-corrected chi connectivity index (χ2v) is 4.12. The van der Waals surface area contributed by atoms with Gasteiger partial charge in [-0.2, -0.15) is 24.4 Å². The smallest absolute Gasteiger partial charge is 0.172 e. The molecular formula is C10H12OS2. The van der Waals surface area contributed by atoms with Gasteiger partial charge in [-0.25, -0.2) is 0 Å². The number of carbonyl (C=O) groups is 1. The highest BCUT2D eigenvalue weighted by molar-refractivity contribution is 8.00. The first kappa shape index (κ1) is 10.7. The van der Waals surface area contributed by atoms with Crippen molar-refractivity contribution in [2.45, 2.75) is 0 Å². The van der Waals surface area contributed by atoms with Crippen LogP contribution in [-0.4, -0.2) is 23.0 Å². The molecule has 0 aromatic heterocycles. The maximum absolute atomic E-state index is 11.5. The highest BCUT2D eigenvalue weighted by atomic mass is 32.2. The van der Waals surface area contributed by atoms with Gasteiger partial charge in [-0.1, -0.05) is 30.3 Å². The van der Waals surface area contributed by atoms with Gasteiger partial charge in [0.15, 0.2) is 5.78 Å². The molecule has 1 aromatic rings. The molecule has 0 N–H and O–H groups in total. The molecule has 0 radical (unpaired) electrons. The normalized spacial score (nSPS) is 9.92. The molecule has 0 aliphatic rings. The fourth-order valence-corrected chi connectivity index (χ4v) is 1.95. The van der Waals surface area contributed by atoms with E-state index in [1.54, 1.807) is 11.8 Å². The van der Waals surface area contributed by atoms with E-state index in [1.807, 2.05) is 30.3 Å². The van der Waals surface area contributed by atoms with Gasteiger partial charge in [-0.3, -0.25) is 4.79 Å². The van der Waals surface area contributed by atoms with Gasteiger partial charge in [0.2, 0.25) is 0 Å². The monoisotopic (exact) mass is 212 g/mol. The molecule has 0 amide bonds. The molecule has 0 heterocycles. The van der Waals surface area contributed by atoms with Crippen LogP contribution in [0, 0.1) is 0 Å². The Balaban J connectivity index is 2.40. The summed E-state index contributed by atoms with van der Waals surface area (Å²) in [6.45, 7) is 0. The van der Waals surface area contributed by atoms with E-state index in [2.05, 4.69) is 12.6 Å². The summed E-state index contributed by atoms with van der Waals surface area (Å²) in [6, 6.07) is 9.39. The predicted molar refractivity (Wildman–Crippen MR) is 62.0 cm³/mol. The van der Waals surface area contributed by atoms with E-state index >= 15 is 0 Å². The van der Waals surface area contributed by atoms with E-state index in [9.17, 15) is 4.79 Å². The van der Waals surface area contributed by atoms with E-state index in [0.717, 1.165) is 17.1 Å². The first-order valence-corrected chi connectivity index (χ1v) is 5.90. The molecule has 0 aliphatic heterocycles. The van der Waals surface area contributed by atoms with Crippen molar-refractivity contribution in [2.24, 2.45) is 0 Å². The first-order valence-electron chi connectivity index (χ1n) is 4.11. The Kier molecular flexibility index (Phi) is 5.01. The van der Waals surface area contributed by atoms with Crippen LogP contribution in [-0.2, 0) is 0 Å². The Morgan fingerprint density at radius 2 is 2.00 bits per heavy atom. The molecule has 0 bridgehead atoms. The number of thiol groups is 1. The zero-order chi connectivity index (χ0) is 9.52. The summed E-state index contributed by atoms with van der Waals surface area (Å²) in [5.74, 6) is 2.52. The van der Waals surface area contributed by atoms with Gasteiger partial charge in [0.25, 0.3) is 0 Å². The number of Topliss-reactive ketones (excluding diaryl/α,β-unsaturated/α-hetero) is 1. The predicted octanol–water partition coefficient (Wildman–Crippen LogP) is 2.53. The number of benzene rings is 1. The Bertz CT molecular complexity index is 259. The summed E-state index contributed by atoms with van der Waals surface area (Å²) in [4.78, 5) is 11.5. The van der Waals surface area contributed by atoms with Gasteiger partial charge in [-0.05, 0) is 5.75 Å². The Hall–Kier alpha value is -0.410. The summed E-state index contributed by atoms with van der Waals surface area (Å²) in [5.41, 5.74) is 0.800. The summed E-state index contributed by atoms with van der Waals surface area (Å²) in [5, 5.41) is 0. The lowest BCUT2D eigenvalue weighted by Crippen LogP contribution is -2.02. The maximum Gasteiger partial charge on any atom is 0.172 e. The molecule has 1 rings (SSSR count). The van der Waals surface area contributed by atoms with Crippen molar-refractivity contribution in [1.29, 1.82) is 0 Å². The van der Waals surface area contributed by atoms with Gasteiger partial charge in [0, 0.05) is 11.3 Å². The Labute approximate surface area is 88.3 Å². The molecule has 13 heavy (non-hydrogen) atoms. The minimum absolute atomic E-state index is 0.201. The summed E-state index contributed by atoms with van der Waals surface area (Å²) in [6.07, 6.45) is 0. The highest BCUT2D eigenvalue weighted by Crippen LogP contribution is 2.07. The quantitative estimate of drug-likeness (QED) is 0.459. The minimum atomic E-state index is 0.201. The third-order valence-electron chi connectivity index (χ3n) is 1.56. The van der Waals surface area contributed by atoms with Crippen LogP contribution >= 0.6 is 24.4 Å². The number of thioether (sulfide) groups is 1. The van der Waals surface area contributed by atoms with Crippen LogP contribution in [0.25, 0.3) is 0 Å². The van der Waals surface area contributed by atoms with E-state index in [4.69, 9.17) is 0 Å². The van der Waals surface area contributed by atoms with Crippen LogP contribution in [0.4, 0.5) is 0 Å².